The lowest BCUT2D eigenvalue weighted by molar-refractivity contribution is 0.171. The second kappa shape index (κ2) is 6.53. The van der Waals surface area contributed by atoms with E-state index in [1.54, 1.807) is 0 Å². The van der Waals surface area contributed by atoms with Crippen LogP contribution in [0.25, 0.3) is 0 Å². The number of benzene rings is 1. The van der Waals surface area contributed by atoms with Gasteiger partial charge in [0.1, 0.15) is 0 Å². The van der Waals surface area contributed by atoms with Gasteiger partial charge in [-0.15, -0.1) is 0 Å². The topological polar surface area (TPSA) is 38.0 Å². The number of hydrogen-bond donors (Lipinski definition) is 2. The molecule has 1 aliphatic carbocycles. The van der Waals surface area contributed by atoms with E-state index >= 15 is 0 Å². The molecule has 1 aromatic carbocycles. The van der Waals surface area contributed by atoms with Gasteiger partial charge in [0.15, 0.2) is 0 Å². The lowest BCUT2D eigenvalue weighted by atomic mass is 9.72. The third-order valence-corrected chi connectivity index (χ3v) is 5.04. The molecule has 0 spiro atoms. The molecular weight excluding hydrogens is 232 g/mol. The molecular formula is C17H28N2. The third kappa shape index (κ3) is 3.37. The highest BCUT2D eigenvalue weighted by Gasteiger charge is 2.30. The minimum Gasteiger partial charge on any atom is -0.271 e. The maximum Gasteiger partial charge on any atom is 0.0488 e. The molecule has 106 valence electrons. The largest absolute Gasteiger partial charge is 0.271 e. The fourth-order valence-corrected chi connectivity index (χ4v) is 3.36. The van der Waals surface area contributed by atoms with Crippen molar-refractivity contribution in [3.63, 3.8) is 0 Å². The normalized spacial score (nSPS) is 29.2. The maximum atomic E-state index is 5.84. The van der Waals surface area contributed by atoms with Crippen LogP contribution < -0.4 is 11.3 Å². The highest BCUT2D eigenvalue weighted by atomic mass is 15.2. The summed E-state index contributed by atoms with van der Waals surface area (Å²) in [5.74, 6) is 8.17. The molecule has 4 unspecified atom stereocenters. The molecule has 0 radical (unpaired) electrons. The second-order valence-electron chi connectivity index (χ2n) is 6.27. The van der Waals surface area contributed by atoms with Crippen LogP contribution in [0.3, 0.4) is 0 Å². The van der Waals surface area contributed by atoms with E-state index in [-0.39, 0.29) is 0 Å². The van der Waals surface area contributed by atoms with Crippen molar-refractivity contribution in [3.05, 3.63) is 35.4 Å². The fraction of sp³-hybridized carbons (Fsp3) is 0.647. The Morgan fingerprint density at radius 3 is 2.37 bits per heavy atom. The van der Waals surface area contributed by atoms with Crippen molar-refractivity contribution in [2.45, 2.75) is 52.5 Å². The molecule has 0 saturated heterocycles. The summed E-state index contributed by atoms with van der Waals surface area (Å²) >= 11 is 0. The van der Waals surface area contributed by atoms with E-state index < -0.39 is 0 Å². The lowest BCUT2D eigenvalue weighted by Crippen LogP contribution is -2.36. The summed E-state index contributed by atoms with van der Waals surface area (Å²) in [5, 5.41) is 0. The molecule has 19 heavy (non-hydrogen) atoms. The van der Waals surface area contributed by atoms with Gasteiger partial charge in [-0.05, 0) is 48.1 Å². The molecule has 0 aromatic heterocycles. The van der Waals surface area contributed by atoms with E-state index in [1.807, 2.05) is 0 Å². The van der Waals surface area contributed by atoms with Gasteiger partial charge >= 0.3 is 0 Å². The summed E-state index contributed by atoms with van der Waals surface area (Å²) in [7, 11) is 0. The van der Waals surface area contributed by atoms with Gasteiger partial charge in [-0.1, -0.05) is 51.5 Å². The molecule has 3 N–H and O–H groups in total. The van der Waals surface area contributed by atoms with E-state index in [4.69, 9.17) is 5.84 Å². The Balaban J connectivity index is 2.10. The molecule has 0 amide bonds. The summed E-state index contributed by atoms with van der Waals surface area (Å²) in [6.07, 6.45) is 5.00. The van der Waals surface area contributed by atoms with Crippen molar-refractivity contribution >= 4 is 0 Å². The van der Waals surface area contributed by atoms with Crippen LogP contribution in [0.15, 0.2) is 24.3 Å². The van der Waals surface area contributed by atoms with Crippen LogP contribution in [-0.2, 0) is 6.42 Å². The molecule has 0 heterocycles. The van der Waals surface area contributed by atoms with Crippen molar-refractivity contribution in [1.29, 1.82) is 0 Å². The molecule has 2 rings (SSSR count). The van der Waals surface area contributed by atoms with E-state index in [1.165, 1.54) is 30.4 Å². The number of aryl methyl sites for hydroxylation is 1. The Kier molecular flexibility index (Phi) is 5.00. The van der Waals surface area contributed by atoms with Gasteiger partial charge in [0, 0.05) is 6.04 Å². The Morgan fingerprint density at radius 1 is 1.16 bits per heavy atom. The van der Waals surface area contributed by atoms with Gasteiger partial charge in [-0.2, -0.15) is 0 Å². The molecule has 1 saturated carbocycles. The third-order valence-electron chi connectivity index (χ3n) is 5.04. The fourth-order valence-electron chi connectivity index (χ4n) is 3.36. The lowest BCUT2D eigenvalue weighted by Gasteiger charge is -2.36. The van der Waals surface area contributed by atoms with Crippen LogP contribution in [0, 0.1) is 17.8 Å². The van der Waals surface area contributed by atoms with Crippen LogP contribution in [0.1, 0.15) is 57.2 Å². The van der Waals surface area contributed by atoms with E-state index in [0.717, 1.165) is 18.3 Å². The standard InChI is InChI=1S/C17H28N2/c1-4-14-6-9-15(10-7-14)17(19-18)16-8-5-12(2)13(3)11-16/h6-7,9-10,12-13,16-17,19H,4-5,8,11,18H2,1-3H3. The minimum absolute atomic E-state index is 0.306. The Morgan fingerprint density at radius 2 is 1.84 bits per heavy atom. The SMILES string of the molecule is CCc1ccc(C(NN)C2CCC(C)C(C)C2)cc1. The van der Waals surface area contributed by atoms with Crippen LogP contribution in [-0.4, -0.2) is 0 Å². The Hall–Kier alpha value is -0.860. The molecule has 4 atom stereocenters. The van der Waals surface area contributed by atoms with Crippen molar-refractivity contribution in [3.8, 4) is 0 Å². The van der Waals surface area contributed by atoms with Gasteiger partial charge in [-0.25, -0.2) is 0 Å². The van der Waals surface area contributed by atoms with Crippen LogP contribution in [0.4, 0.5) is 0 Å². The number of rotatable bonds is 4. The summed E-state index contributed by atoms with van der Waals surface area (Å²) in [4.78, 5) is 0. The maximum absolute atomic E-state index is 5.84. The van der Waals surface area contributed by atoms with Crippen LogP contribution in [0.5, 0.6) is 0 Å². The Bertz CT molecular complexity index is 385. The van der Waals surface area contributed by atoms with Crippen molar-refractivity contribution in [2.24, 2.45) is 23.6 Å². The molecule has 1 fully saturated rings. The zero-order valence-electron chi connectivity index (χ0n) is 12.5. The van der Waals surface area contributed by atoms with Gasteiger partial charge in [0.05, 0.1) is 0 Å². The first-order valence-electron chi connectivity index (χ1n) is 7.70. The van der Waals surface area contributed by atoms with Gasteiger partial charge in [-0.3, -0.25) is 11.3 Å². The average Bonchev–Trinajstić information content (AvgIpc) is 2.44. The predicted molar refractivity (Wildman–Crippen MR) is 81.6 cm³/mol. The van der Waals surface area contributed by atoms with Crippen molar-refractivity contribution in [2.75, 3.05) is 0 Å². The molecule has 2 nitrogen and oxygen atoms in total. The van der Waals surface area contributed by atoms with E-state index in [2.05, 4.69) is 50.5 Å². The van der Waals surface area contributed by atoms with E-state index in [0.29, 0.717) is 12.0 Å². The summed E-state index contributed by atoms with van der Waals surface area (Å²) in [5.41, 5.74) is 5.79. The first-order valence-corrected chi connectivity index (χ1v) is 7.70. The van der Waals surface area contributed by atoms with Gasteiger partial charge in [0.2, 0.25) is 0 Å². The van der Waals surface area contributed by atoms with Gasteiger partial charge < -0.3 is 0 Å². The molecule has 0 aliphatic heterocycles. The molecule has 1 aliphatic rings. The Labute approximate surface area is 117 Å². The summed E-state index contributed by atoms with van der Waals surface area (Å²) in [6, 6.07) is 9.25. The molecule has 0 bridgehead atoms. The average molecular weight is 260 g/mol. The number of hydrogen-bond acceptors (Lipinski definition) is 2. The van der Waals surface area contributed by atoms with Crippen LogP contribution >= 0.6 is 0 Å². The highest BCUT2D eigenvalue weighted by molar-refractivity contribution is 5.25. The predicted octanol–water partition coefficient (Wildman–Crippen LogP) is 3.83. The first kappa shape index (κ1) is 14.5. The minimum atomic E-state index is 0.306. The highest BCUT2D eigenvalue weighted by Crippen LogP contribution is 2.39. The zero-order valence-corrected chi connectivity index (χ0v) is 12.5. The van der Waals surface area contributed by atoms with E-state index in [9.17, 15) is 0 Å². The smallest absolute Gasteiger partial charge is 0.0488 e. The zero-order chi connectivity index (χ0) is 13.8. The van der Waals surface area contributed by atoms with Crippen molar-refractivity contribution < 1.29 is 0 Å². The summed E-state index contributed by atoms with van der Waals surface area (Å²) in [6.45, 7) is 6.95. The molecule has 1 aromatic rings. The second-order valence-corrected chi connectivity index (χ2v) is 6.27. The van der Waals surface area contributed by atoms with Gasteiger partial charge in [0.25, 0.3) is 0 Å². The number of hydrazine groups is 1. The quantitative estimate of drug-likeness (QED) is 0.638. The first-order chi connectivity index (χ1) is 9.15. The van der Waals surface area contributed by atoms with Crippen molar-refractivity contribution in [1.82, 2.24) is 5.43 Å². The van der Waals surface area contributed by atoms with Crippen LogP contribution in [0.2, 0.25) is 0 Å². The molecule has 2 heteroatoms. The number of nitrogens with one attached hydrogen (secondary N) is 1. The monoisotopic (exact) mass is 260 g/mol. The summed E-state index contributed by atoms with van der Waals surface area (Å²) < 4.78 is 0. The number of nitrogens with two attached hydrogens (primary N) is 1.